The molecule has 0 radical (unpaired) electrons. The fourth-order valence-electron chi connectivity index (χ4n) is 2.05. The second-order valence-corrected chi connectivity index (χ2v) is 5.74. The molecule has 2 aromatic carbocycles. The van der Waals surface area contributed by atoms with Crippen LogP contribution in [-0.2, 0) is 11.2 Å². The van der Waals surface area contributed by atoms with Crippen molar-refractivity contribution in [1.82, 2.24) is 4.98 Å². The number of benzene rings is 2. The van der Waals surface area contributed by atoms with Crippen molar-refractivity contribution in [2.45, 2.75) is 6.42 Å². The standard InChI is InChI=1S/C17H12F2N2OS/c18-12-6-4-11(5-7-12)17-21-15(10-23-17)9-16(22)20-14-3-1-2-13(19)8-14/h1-8,10H,9H2,(H,20,22). The maximum absolute atomic E-state index is 13.1. The van der Waals surface area contributed by atoms with Crippen LogP contribution in [0, 0.1) is 11.6 Å². The minimum absolute atomic E-state index is 0.0915. The van der Waals surface area contributed by atoms with Gasteiger partial charge in [0.05, 0.1) is 12.1 Å². The molecule has 0 aliphatic carbocycles. The van der Waals surface area contributed by atoms with E-state index < -0.39 is 5.82 Å². The second kappa shape index (κ2) is 6.66. The van der Waals surface area contributed by atoms with Crippen molar-refractivity contribution in [3.8, 4) is 10.6 Å². The van der Waals surface area contributed by atoms with Crippen molar-refractivity contribution in [3.05, 3.63) is 71.2 Å². The molecule has 3 rings (SSSR count). The molecule has 0 unspecified atom stereocenters. The van der Waals surface area contributed by atoms with Crippen molar-refractivity contribution in [1.29, 1.82) is 0 Å². The van der Waals surface area contributed by atoms with Gasteiger partial charge in [-0.2, -0.15) is 0 Å². The lowest BCUT2D eigenvalue weighted by Crippen LogP contribution is -2.14. The first kappa shape index (κ1) is 15.3. The number of carbonyl (C=O) groups excluding carboxylic acids is 1. The molecule has 6 heteroatoms. The van der Waals surface area contributed by atoms with Crippen molar-refractivity contribution < 1.29 is 13.6 Å². The van der Waals surface area contributed by atoms with E-state index in [1.807, 2.05) is 0 Å². The highest BCUT2D eigenvalue weighted by Gasteiger charge is 2.10. The van der Waals surface area contributed by atoms with Gasteiger partial charge in [-0.1, -0.05) is 6.07 Å². The summed E-state index contributed by atoms with van der Waals surface area (Å²) in [5.74, 6) is -0.985. The van der Waals surface area contributed by atoms with E-state index in [0.717, 1.165) is 10.6 Å². The largest absolute Gasteiger partial charge is 0.326 e. The lowest BCUT2D eigenvalue weighted by Gasteiger charge is -2.03. The number of hydrogen-bond acceptors (Lipinski definition) is 3. The van der Waals surface area contributed by atoms with E-state index in [1.54, 1.807) is 23.6 Å². The number of nitrogens with zero attached hydrogens (tertiary/aromatic N) is 1. The SMILES string of the molecule is O=C(Cc1csc(-c2ccc(F)cc2)n1)Nc1cccc(F)c1. The molecule has 0 bridgehead atoms. The smallest absolute Gasteiger partial charge is 0.230 e. The zero-order chi connectivity index (χ0) is 16.2. The van der Waals surface area contributed by atoms with Gasteiger partial charge in [-0.05, 0) is 42.5 Å². The van der Waals surface area contributed by atoms with Crippen LogP contribution in [0.5, 0.6) is 0 Å². The summed E-state index contributed by atoms with van der Waals surface area (Å²) in [5, 5.41) is 5.13. The maximum Gasteiger partial charge on any atom is 0.230 e. The average molecular weight is 330 g/mol. The van der Waals surface area contributed by atoms with Crippen molar-refractivity contribution in [2.75, 3.05) is 5.32 Å². The third kappa shape index (κ3) is 3.98. The van der Waals surface area contributed by atoms with Gasteiger partial charge in [0.25, 0.3) is 0 Å². The maximum atomic E-state index is 13.1. The molecule has 1 heterocycles. The van der Waals surface area contributed by atoms with Gasteiger partial charge in [0.1, 0.15) is 16.6 Å². The highest BCUT2D eigenvalue weighted by Crippen LogP contribution is 2.24. The molecular weight excluding hydrogens is 318 g/mol. The fourth-order valence-corrected chi connectivity index (χ4v) is 2.87. The number of carbonyl (C=O) groups is 1. The van der Waals surface area contributed by atoms with E-state index in [1.165, 1.54) is 41.7 Å². The second-order valence-electron chi connectivity index (χ2n) is 4.89. The Balaban J connectivity index is 1.66. The van der Waals surface area contributed by atoms with Crippen molar-refractivity contribution >= 4 is 22.9 Å². The Morgan fingerprint density at radius 3 is 2.61 bits per heavy atom. The molecule has 0 atom stereocenters. The van der Waals surface area contributed by atoms with Crippen LogP contribution >= 0.6 is 11.3 Å². The van der Waals surface area contributed by atoms with Crippen LogP contribution in [-0.4, -0.2) is 10.9 Å². The molecule has 0 fully saturated rings. The zero-order valence-corrected chi connectivity index (χ0v) is 12.7. The summed E-state index contributed by atoms with van der Waals surface area (Å²) in [5.41, 5.74) is 1.82. The molecule has 116 valence electrons. The van der Waals surface area contributed by atoms with Crippen LogP contribution in [0.4, 0.5) is 14.5 Å². The lowest BCUT2D eigenvalue weighted by atomic mass is 10.2. The summed E-state index contributed by atoms with van der Waals surface area (Å²) in [6.45, 7) is 0. The average Bonchev–Trinajstić information content (AvgIpc) is 2.96. The predicted molar refractivity (Wildman–Crippen MR) is 86.2 cm³/mol. The van der Waals surface area contributed by atoms with Crippen LogP contribution in [0.1, 0.15) is 5.69 Å². The first-order valence-corrected chi connectivity index (χ1v) is 7.74. The van der Waals surface area contributed by atoms with Crippen LogP contribution < -0.4 is 5.32 Å². The van der Waals surface area contributed by atoms with Crippen molar-refractivity contribution in [2.24, 2.45) is 0 Å². The predicted octanol–water partition coefficient (Wildman–Crippen LogP) is 4.27. The Kier molecular flexibility index (Phi) is 4.43. The van der Waals surface area contributed by atoms with E-state index in [9.17, 15) is 13.6 Å². The molecule has 3 nitrogen and oxygen atoms in total. The molecule has 23 heavy (non-hydrogen) atoms. The molecular formula is C17H12F2N2OS. The van der Waals surface area contributed by atoms with E-state index in [4.69, 9.17) is 0 Å². The number of amides is 1. The number of halogens is 2. The van der Waals surface area contributed by atoms with Crippen molar-refractivity contribution in [3.63, 3.8) is 0 Å². The summed E-state index contributed by atoms with van der Waals surface area (Å²) in [6, 6.07) is 11.7. The highest BCUT2D eigenvalue weighted by atomic mass is 32.1. The number of thiazole rings is 1. The van der Waals surface area contributed by atoms with Gasteiger partial charge in [-0.15, -0.1) is 11.3 Å². The van der Waals surface area contributed by atoms with Crippen LogP contribution in [0.25, 0.3) is 10.6 Å². The first-order valence-electron chi connectivity index (χ1n) is 6.86. The number of anilines is 1. The summed E-state index contributed by atoms with van der Waals surface area (Å²) >= 11 is 1.39. The molecule has 1 N–H and O–H groups in total. The van der Waals surface area contributed by atoms with Gasteiger partial charge >= 0.3 is 0 Å². The minimum atomic E-state index is -0.407. The van der Waals surface area contributed by atoms with Gasteiger partial charge in [0.15, 0.2) is 0 Å². The molecule has 0 aliphatic heterocycles. The summed E-state index contributed by atoms with van der Waals surface area (Å²) in [7, 11) is 0. The van der Waals surface area contributed by atoms with Gasteiger partial charge in [0, 0.05) is 16.6 Å². The van der Waals surface area contributed by atoms with Crippen LogP contribution in [0.3, 0.4) is 0 Å². The zero-order valence-electron chi connectivity index (χ0n) is 11.9. The molecule has 0 aliphatic rings. The molecule has 0 spiro atoms. The monoisotopic (exact) mass is 330 g/mol. The van der Waals surface area contributed by atoms with Crippen LogP contribution in [0.15, 0.2) is 53.9 Å². The first-order chi connectivity index (χ1) is 11.1. The van der Waals surface area contributed by atoms with E-state index in [2.05, 4.69) is 10.3 Å². The Hall–Kier alpha value is -2.60. The Labute approximate surface area is 135 Å². The van der Waals surface area contributed by atoms with Gasteiger partial charge in [-0.3, -0.25) is 4.79 Å². The number of hydrogen-bond donors (Lipinski definition) is 1. The molecule has 3 aromatic rings. The molecule has 0 saturated carbocycles. The third-order valence-corrected chi connectivity index (χ3v) is 4.03. The molecule has 1 aromatic heterocycles. The van der Waals surface area contributed by atoms with Gasteiger partial charge < -0.3 is 5.32 Å². The Morgan fingerprint density at radius 1 is 1.09 bits per heavy atom. The van der Waals surface area contributed by atoms with Gasteiger partial charge in [0.2, 0.25) is 5.91 Å². The number of rotatable bonds is 4. The lowest BCUT2D eigenvalue weighted by molar-refractivity contribution is -0.115. The Morgan fingerprint density at radius 2 is 1.87 bits per heavy atom. The highest BCUT2D eigenvalue weighted by molar-refractivity contribution is 7.13. The van der Waals surface area contributed by atoms with E-state index >= 15 is 0 Å². The number of nitrogens with one attached hydrogen (secondary N) is 1. The van der Waals surface area contributed by atoms with E-state index in [-0.39, 0.29) is 18.1 Å². The summed E-state index contributed by atoms with van der Waals surface area (Å²) < 4.78 is 26.0. The summed E-state index contributed by atoms with van der Waals surface area (Å²) in [6.07, 6.45) is 0.0915. The van der Waals surface area contributed by atoms with Gasteiger partial charge in [-0.25, -0.2) is 13.8 Å². The normalized spacial score (nSPS) is 10.5. The fraction of sp³-hybridized carbons (Fsp3) is 0.0588. The third-order valence-electron chi connectivity index (χ3n) is 3.09. The topological polar surface area (TPSA) is 42.0 Å². The summed E-state index contributed by atoms with van der Waals surface area (Å²) in [4.78, 5) is 16.3. The molecule has 1 amide bonds. The quantitative estimate of drug-likeness (QED) is 0.776. The molecule has 0 saturated heterocycles. The minimum Gasteiger partial charge on any atom is -0.326 e. The Bertz CT molecular complexity index is 831. The van der Waals surface area contributed by atoms with E-state index in [0.29, 0.717) is 11.4 Å². The number of aromatic nitrogens is 1. The van der Waals surface area contributed by atoms with Crippen LogP contribution in [0.2, 0.25) is 0 Å².